The Hall–Kier alpha value is -1.01. The average Bonchev–Trinajstić information content (AvgIpc) is 0.883. The molecule has 0 aromatic carbocycles. The van der Waals surface area contributed by atoms with Crippen molar-refractivity contribution in [2.45, 2.75) is 172 Å². The maximum absolute atomic E-state index is 10.6. The van der Waals surface area contributed by atoms with Gasteiger partial charge >= 0.3 is 0 Å². The first-order valence-electron chi connectivity index (χ1n) is 44.3. The van der Waals surface area contributed by atoms with Gasteiger partial charge in [0.15, 0.2) is 9.84 Å². The molecule has 0 aromatic rings. The zero-order valence-corrected chi connectivity index (χ0v) is 71.1. The van der Waals surface area contributed by atoms with Crippen LogP contribution in [0.1, 0.15) is 155 Å². The lowest BCUT2D eigenvalue weighted by atomic mass is 9.74. The van der Waals surface area contributed by atoms with Gasteiger partial charge in [0.05, 0.1) is 24.2 Å². The number of likely N-dealkylation sites (N-methyl/N-ethyl adjacent to an activating group) is 3. The van der Waals surface area contributed by atoms with E-state index in [4.69, 9.17) is 15.3 Å². The molecule has 20 N–H and O–H groups in total. The van der Waals surface area contributed by atoms with Gasteiger partial charge < -0.3 is 125 Å². The van der Waals surface area contributed by atoms with E-state index >= 15 is 0 Å². The molecule has 0 unspecified atom stereocenters. The van der Waals surface area contributed by atoms with E-state index in [1.807, 2.05) is 19.0 Å². The van der Waals surface area contributed by atoms with Gasteiger partial charge in [0, 0.05) is 153 Å². The van der Waals surface area contributed by atoms with Gasteiger partial charge in [-0.3, -0.25) is 0 Å². The van der Waals surface area contributed by atoms with E-state index < -0.39 is 9.84 Å². The number of sulfone groups is 1. The molecule has 0 aromatic heterocycles. The third-order valence-electron chi connectivity index (χ3n) is 26.1. The average molecular weight is 1550 g/mol. The highest BCUT2D eigenvalue weighted by molar-refractivity contribution is 7.91. The summed E-state index contributed by atoms with van der Waals surface area (Å²) < 4.78 is 21.2. The van der Waals surface area contributed by atoms with Crippen molar-refractivity contribution in [3.05, 3.63) is 0 Å². The molecule has 18 heterocycles. The fourth-order valence-corrected chi connectivity index (χ4v) is 18.4. The third-order valence-corrected chi connectivity index (χ3v) is 27.8. The minimum atomic E-state index is -2.65. The molecule has 638 valence electrons. The summed E-state index contributed by atoms with van der Waals surface area (Å²) >= 11 is 0. The summed E-state index contributed by atoms with van der Waals surface area (Å²) in [5, 5.41) is 82.3. The van der Waals surface area contributed by atoms with Crippen molar-refractivity contribution in [3.8, 4) is 0 Å². The number of aliphatic hydroxyl groups excluding tert-OH is 3. The Bertz CT molecular complexity index is 2130. The Kier molecular flexibility index (Phi) is 49.3. The summed E-state index contributed by atoms with van der Waals surface area (Å²) in [6.07, 6.45) is 30.1. The van der Waals surface area contributed by atoms with Gasteiger partial charge in [-0.05, 0) is 330 Å². The van der Waals surface area contributed by atoms with Crippen LogP contribution in [0.15, 0.2) is 0 Å². The Balaban J connectivity index is 0.000000184. The van der Waals surface area contributed by atoms with Crippen LogP contribution in [0.5, 0.6) is 0 Å². The largest absolute Gasteiger partial charge is 0.396 e. The second-order valence-corrected chi connectivity index (χ2v) is 37.9. The number of nitrogens with zero attached hydrogens (tertiary/aromatic N) is 4. The summed E-state index contributed by atoms with van der Waals surface area (Å²) in [6, 6.07) is 0.825. The summed E-state index contributed by atoms with van der Waals surface area (Å²) in [5.74, 6) is 1.51. The number of hydrogen-bond donors (Lipinski definition) is 20. The van der Waals surface area contributed by atoms with Crippen LogP contribution in [0.4, 0.5) is 0 Å². The lowest BCUT2D eigenvalue weighted by molar-refractivity contribution is 0.0895. The molecule has 0 amide bonds. The van der Waals surface area contributed by atoms with E-state index in [1.54, 1.807) is 0 Å². The minimum absolute atomic E-state index is 0.0266. The molecule has 18 saturated heterocycles. The van der Waals surface area contributed by atoms with E-state index in [-0.39, 0.29) is 12.7 Å². The van der Waals surface area contributed by atoms with Crippen molar-refractivity contribution in [2.75, 3.05) is 315 Å². The Morgan fingerprint density at radius 2 is 0.759 bits per heavy atom. The van der Waals surface area contributed by atoms with Crippen molar-refractivity contribution in [1.82, 2.24) is 110 Å². The van der Waals surface area contributed by atoms with Gasteiger partial charge in [0.25, 0.3) is 0 Å². The van der Waals surface area contributed by atoms with Gasteiger partial charge in [-0.15, -0.1) is 0 Å². The van der Waals surface area contributed by atoms with Gasteiger partial charge in [-0.25, -0.2) is 8.42 Å². The number of hydrogen-bond acceptors (Lipinski definition) is 26. The molecule has 0 saturated carbocycles. The first kappa shape index (κ1) is 95.8. The predicted molar refractivity (Wildman–Crippen MR) is 453 cm³/mol. The molecule has 18 aliphatic heterocycles. The van der Waals surface area contributed by atoms with Crippen LogP contribution in [-0.4, -0.2) is 376 Å². The molecule has 18 fully saturated rings. The second-order valence-electron chi connectivity index (χ2n) is 35.6. The fraction of sp³-hybridized carbons (Fsp3) is 1.00. The molecule has 108 heavy (non-hydrogen) atoms. The smallest absolute Gasteiger partial charge is 0.152 e. The number of nitrogens with one attached hydrogen (secondary N) is 17. The summed E-state index contributed by atoms with van der Waals surface area (Å²) in [4.78, 5) is 9.12. The van der Waals surface area contributed by atoms with E-state index in [1.165, 1.54) is 351 Å². The molecule has 6 spiro atoms. The molecule has 18 rings (SSSR count). The van der Waals surface area contributed by atoms with Crippen molar-refractivity contribution in [1.29, 1.82) is 0 Å². The molecule has 0 radical (unpaired) electrons. The van der Waals surface area contributed by atoms with Crippen molar-refractivity contribution < 1.29 is 23.7 Å². The van der Waals surface area contributed by atoms with Gasteiger partial charge in [-0.2, -0.15) is 0 Å². The topological polar surface area (TPSA) is 312 Å². The second kappa shape index (κ2) is 55.6. The monoisotopic (exact) mass is 1550 g/mol. The Labute approximate surface area is 660 Å². The first-order valence-corrected chi connectivity index (χ1v) is 46.1. The molecule has 27 heteroatoms. The SMILES string of the molecule is C1CC2(CCN1)CCNC2.C1CC2(CCN1)CNC2.C1CC2(CCN1)CNC2.C1CC2(CN1)CNC2.C1CCNCC1.C1CNC2(C1)CCNCC2.C1NCC12CNC2.CCN1CCN(C)CC1.CN(C)C1CCNCC1.CN(C)CCO.O=S1(=O)CCNCC1.OC1CCNCC1.OCCCC1CCNCC1. The lowest BCUT2D eigenvalue weighted by Crippen LogP contribution is -2.69. The van der Waals surface area contributed by atoms with Gasteiger partial charge in [-0.1, -0.05) is 13.3 Å². The zero-order valence-electron chi connectivity index (χ0n) is 70.3. The lowest BCUT2D eigenvalue weighted by Gasteiger charge is -2.50. The molecule has 18 aliphatic rings. The van der Waals surface area contributed by atoms with Crippen molar-refractivity contribution in [3.63, 3.8) is 0 Å². The molecular weight excluding hydrogens is 1380 g/mol. The van der Waals surface area contributed by atoms with Gasteiger partial charge in [0.1, 0.15) is 0 Å². The number of aliphatic hydroxyl groups is 3. The summed E-state index contributed by atoms with van der Waals surface area (Å²) in [6.45, 7) is 49.0. The summed E-state index contributed by atoms with van der Waals surface area (Å²) in [5.41, 5.74) is 4.13. The number of piperidine rings is 8. The van der Waals surface area contributed by atoms with Crippen molar-refractivity contribution >= 4 is 9.84 Å². The van der Waals surface area contributed by atoms with Crippen LogP contribution in [-0.2, 0) is 9.84 Å². The molecule has 0 bridgehead atoms. The molecule has 0 atom stereocenters. The van der Waals surface area contributed by atoms with E-state index in [9.17, 15) is 8.42 Å². The highest BCUT2D eigenvalue weighted by Gasteiger charge is 2.43. The highest BCUT2D eigenvalue weighted by atomic mass is 32.2. The van der Waals surface area contributed by atoms with Gasteiger partial charge in [0.2, 0.25) is 0 Å². The van der Waals surface area contributed by atoms with Crippen LogP contribution >= 0.6 is 0 Å². The Morgan fingerprint density at radius 3 is 1.03 bits per heavy atom. The standard InChI is InChI=1S/2C8H16N2.C8H17NO.2C7H14N2.2C7H16N2.C6H12N2.C5H10N2.C5H11NO.C5H11N.C4H9NO2S.C4H11NO/c1-4-9-5-2-8(1)3-6-10-7-8;1-2-8(10-5-1)3-6-9-7-4-8;10-7-1-2-8-3-5-9-6-4-8;2*1-3-8-4-2-7(1)5-9-6-7;1-9(2)7-3-5-8-6-4-7;1-3-9-6-4-8(2)5-7-9;1-2-7-3-6(1)4-8-5-6;1-5(2-6-1)3-7-4-5;7-5-1-3-6-4-2-5;1-2-4-6-5-3-1;6-8(7)3-1-5-2-4-8;1-5(2)3-4-6/h2*9-10H,1-7H2;8-10H,1-7H2;2*8-9H,1-6H2;7-8H,3-6H2,1-2H3;3-7H2,1-2H3;7-8H,1-5H2;6-7H,1-4H2;5-7H,1-4H2;6H,1-5H2;5H,1-4H2;6H,3-4H2,1-2H3. The zero-order chi connectivity index (χ0) is 77.2. The molecule has 26 nitrogen and oxygen atoms in total. The third kappa shape index (κ3) is 39.8. The molecule has 0 aliphatic carbocycles. The Morgan fingerprint density at radius 1 is 0.380 bits per heavy atom. The van der Waals surface area contributed by atoms with Crippen LogP contribution in [0.2, 0.25) is 0 Å². The highest BCUT2D eigenvalue weighted by Crippen LogP contribution is 2.36. The number of piperazine rings is 1. The fourth-order valence-electron chi connectivity index (χ4n) is 17.3. The van der Waals surface area contributed by atoms with Crippen LogP contribution in [0.3, 0.4) is 0 Å². The normalized spacial score (nSPS) is 27.3. The van der Waals surface area contributed by atoms with Crippen LogP contribution in [0, 0.1) is 33.0 Å². The van der Waals surface area contributed by atoms with Crippen LogP contribution in [0.25, 0.3) is 0 Å². The number of rotatable bonds is 7. The van der Waals surface area contributed by atoms with Crippen LogP contribution < -0.4 is 90.4 Å². The first-order chi connectivity index (χ1) is 52.4. The van der Waals surface area contributed by atoms with E-state index in [0.717, 1.165) is 67.1 Å². The predicted octanol–water partition coefficient (Wildman–Crippen LogP) is -0.144. The minimum Gasteiger partial charge on any atom is -0.396 e. The quantitative estimate of drug-likeness (QED) is 0.158. The maximum Gasteiger partial charge on any atom is 0.152 e. The molecular formula is C81H173N21O5S. The van der Waals surface area contributed by atoms with Crippen molar-refractivity contribution in [2.24, 2.45) is 33.0 Å². The van der Waals surface area contributed by atoms with E-state index in [2.05, 4.69) is 133 Å². The van der Waals surface area contributed by atoms with E-state index in [0.29, 0.717) is 47.6 Å². The summed E-state index contributed by atoms with van der Waals surface area (Å²) in [7, 11) is 7.72. The maximum atomic E-state index is 10.6.